The molecule has 0 radical (unpaired) electrons. The largest absolute Gasteiger partial charge is 0.481 e. The number of ether oxygens (including phenoxy) is 1. The van der Waals surface area contributed by atoms with Crippen LogP contribution in [0.15, 0.2) is 63.9 Å². The zero-order valence-electron chi connectivity index (χ0n) is 17.2. The van der Waals surface area contributed by atoms with E-state index in [-0.39, 0.29) is 10.8 Å². The van der Waals surface area contributed by atoms with Crippen molar-refractivity contribution in [2.24, 2.45) is 4.40 Å². The fourth-order valence-corrected chi connectivity index (χ4v) is 4.31. The Balaban J connectivity index is 1.72. The van der Waals surface area contributed by atoms with Gasteiger partial charge in [-0.3, -0.25) is 4.79 Å². The number of amides is 1. The van der Waals surface area contributed by atoms with Crippen LogP contribution in [-0.2, 0) is 14.8 Å². The van der Waals surface area contributed by atoms with E-state index in [1.54, 1.807) is 31.2 Å². The molecule has 8 heteroatoms. The molecule has 0 aromatic heterocycles. The SMILES string of the molecule is CC(Oc1ccccc1)C(=O)Nc1cccc(S(=O)(=O)/N=C2\CCCCCN2C)c1. The summed E-state index contributed by atoms with van der Waals surface area (Å²) in [6.45, 7) is 2.43. The van der Waals surface area contributed by atoms with E-state index in [1.807, 2.05) is 30.1 Å². The molecule has 1 unspecified atom stereocenters. The van der Waals surface area contributed by atoms with Gasteiger partial charge in [-0.25, -0.2) is 0 Å². The Kier molecular flexibility index (Phi) is 7.10. The minimum absolute atomic E-state index is 0.0436. The summed E-state index contributed by atoms with van der Waals surface area (Å²) in [4.78, 5) is 14.4. The first-order chi connectivity index (χ1) is 14.3. The Labute approximate surface area is 177 Å². The minimum Gasteiger partial charge on any atom is -0.481 e. The average Bonchev–Trinajstić information content (AvgIpc) is 2.93. The lowest BCUT2D eigenvalue weighted by Gasteiger charge is -2.18. The van der Waals surface area contributed by atoms with Crippen molar-refractivity contribution in [3.8, 4) is 5.75 Å². The summed E-state index contributed by atoms with van der Waals surface area (Å²) in [5.41, 5.74) is 0.374. The molecule has 1 aliphatic heterocycles. The van der Waals surface area contributed by atoms with Crippen molar-refractivity contribution in [2.45, 2.75) is 43.6 Å². The van der Waals surface area contributed by atoms with Crippen LogP contribution in [0, 0.1) is 0 Å². The number of sulfonamides is 1. The standard InChI is InChI=1S/C22H27N3O4S/c1-17(29-19-11-5-3-6-12-19)22(26)23-18-10-9-13-20(16-18)30(27,28)24-21-14-7-4-8-15-25(21)2/h3,5-6,9-13,16-17H,4,7-8,14-15H2,1-2H3,(H,23,26)/b24-21+. The van der Waals surface area contributed by atoms with Crippen LogP contribution >= 0.6 is 0 Å². The predicted octanol–water partition coefficient (Wildman–Crippen LogP) is 3.69. The maximum absolute atomic E-state index is 12.8. The molecule has 1 heterocycles. The Bertz CT molecular complexity index is 1010. The summed E-state index contributed by atoms with van der Waals surface area (Å²) < 4.78 is 35.3. The Morgan fingerprint density at radius 1 is 1.10 bits per heavy atom. The van der Waals surface area contributed by atoms with E-state index in [2.05, 4.69) is 9.71 Å². The zero-order valence-corrected chi connectivity index (χ0v) is 18.1. The van der Waals surface area contributed by atoms with Gasteiger partial charge in [-0.15, -0.1) is 4.40 Å². The number of amidine groups is 1. The highest BCUT2D eigenvalue weighted by Gasteiger charge is 2.20. The molecular formula is C22H27N3O4S. The van der Waals surface area contributed by atoms with E-state index in [9.17, 15) is 13.2 Å². The van der Waals surface area contributed by atoms with Crippen LogP contribution in [0.1, 0.15) is 32.6 Å². The third-order valence-corrected chi connectivity index (χ3v) is 6.19. The van der Waals surface area contributed by atoms with E-state index >= 15 is 0 Å². The van der Waals surface area contributed by atoms with Gasteiger partial charge in [0.15, 0.2) is 6.10 Å². The zero-order chi connectivity index (χ0) is 21.6. The summed E-state index contributed by atoms with van der Waals surface area (Å²) in [5.74, 6) is 0.787. The van der Waals surface area contributed by atoms with Crippen LogP contribution in [0.25, 0.3) is 0 Å². The second kappa shape index (κ2) is 9.75. The molecule has 0 bridgehead atoms. The lowest BCUT2D eigenvalue weighted by Crippen LogP contribution is -2.30. The molecule has 1 fully saturated rings. The van der Waals surface area contributed by atoms with Crippen molar-refractivity contribution >= 4 is 27.5 Å². The number of rotatable bonds is 6. The number of carbonyl (C=O) groups excluding carboxylic acids is 1. The smallest absolute Gasteiger partial charge is 0.284 e. The first-order valence-electron chi connectivity index (χ1n) is 10.0. The van der Waals surface area contributed by atoms with Crippen molar-refractivity contribution in [3.05, 3.63) is 54.6 Å². The molecule has 1 N–H and O–H groups in total. The molecule has 3 rings (SSSR count). The van der Waals surface area contributed by atoms with Crippen molar-refractivity contribution in [3.63, 3.8) is 0 Å². The lowest BCUT2D eigenvalue weighted by atomic mass is 10.2. The van der Waals surface area contributed by atoms with Gasteiger partial charge in [0.2, 0.25) is 0 Å². The summed E-state index contributed by atoms with van der Waals surface area (Å²) in [6, 6.07) is 15.2. The predicted molar refractivity (Wildman–Crippen MR) is 117 cm³/mol. The molecule has 160 valence electrons. The molecule has 7 nitrogen and oxygen atoms in total. The number of anilines is 1. The van der Waals surface area contributed by atoms with E-state index < -0.39 is 16.1 Å². The van der Waals surface area contributed by atoms with Crippen molar-refractivity contribution in [1.29, 1.82) is 0 Å². The van der Waals surface area contributed by atoms with Crippen molar-refractivity contribution in [2.75, 3.05) is 18.9 Å². The van der Waals surface area contributed by atoms with Crippen LogP contribution in [-0.4, -0.2) is 44.8 Å². The second-order valence-electron chi connectivity index (χ2n) is 7.31. The van der Waals surface area contributed by atoms with Gasteiger partial charge < -0.3 is 15.0 Å². The number of likely N-dealkylation sites (tertiary alicyclic amines) is 1. The average molecular weight is 430 g/mol. The normalized spacial score (nSPS) is 17.3. The maximum Gasteiger partial charge on any atom is 0.284 e. The topological polar surface area (TPSA) is 88.1 Å². The van der Waals surface area contributed by atoms with Gasteiger partial charge in [0.05, 0.1) is 4.90 Å². The summed E-state index contributed by atoms with van der Waals surface area (Å²) >= 11 is 0. The molecule has 0 saturated carbocycles. The second-order valence-corrected chi connectivity index (χ2v) is 8.91. The molecule has 0 aliphatic carbocycles. The van der Waals surface area contributed by atoms with Crippen LogP contribution < -0.4 is 10.1 Å². The number of hydrogen-bond acceptors (Lipinski definition) is 4. The number of carbonyl (C=O) groups is 1. The van der Waals surface area contributed by atoms with Crippen LogP contribution in [0.3, 0.4) is 0 Å². The Morgan fingerprint density at radius 2 is 1.87 bits per heavy atom. The summed E-state index contributed by atoms with van der Waals surface area (Å²) in [5, 5.41) is 2.71. The highest BCUT2D eigenvalue weighted by atomic mass is 32.2. The number of para-hydroxylation sites is 1. The molecule has 1 amide bonds. The fraction of sp³-hybridized carbons (Fsp3) is 0.364. The molecular weight excluding hydrogens is 402 g/mol. The third kappa shape index (κ3) is 5.82. The molecule has 1 saturated heterocycles. The van der Waals surface area contributed by atoms with Crippen LogP contribution in [0.4, 0.5) is 5.69 Å². The first-order valence-corrected chi connectivity index (χ1v) is 11.5. The number of hydrogen-bond donors (Lipinski definition) is 1. The molecule has 2 aromatic rings. The van der Waals surface area contributed by atoms with Gasteiger partial charge in [-0.05, 0) is 50.1 Å². The van der Waals surface area contributed by atoms with Gasteiger partial charge in [0, 0.05) is 25.7 Å². The van der Waals surface area contributed by atoms with Gasteiger partial charge in [0.1, 0.15) is 11.6 Å². The van der Waals surface area contributed by atoms with Crippen molar-refractivity contribution < 1.29 is 17.9 Å². The maximum atomic E-state index is 12.8. The van der Waals surface area contributed by atoms with E-state index in [1.165, 1.54) is 12.1 Å². The first kappa shape index (κ1) is 21.8. The molecule has 1 atom stereocenters. The van der Waals surface area contributed by atoms with E-state index in [0.717, 1.165) is 25.8 Å². The lowest BCUT2D eigenvalue weighted by molar-refractivity contribution is -0.122. The van der Waals surface area contributed by atoms with Gasteiger partial charge >= 0.3 is 0 Å². The minimum atomic E-state index is -3.87. The number of nitrogens with one attached hydrogen (secondary N) is 1. The highest BCUT2D eigenvalue weighted by molar-refractivity contribution is 7.90. The summed E-state index contributed by atoms with van der Waals surface area (Å²) in [6.07, 6.45) is 2.91. The summed E-state index contributed by atoms with van der Waals surface area (Å²) in [7, 11) is -2.01. The monoisotopic (exact) mass is 429 g/mol. The number of benzene rings is 2. The Morgan fingerprint density at radius 3 is 2.63 bits per heavy atom. The molecule has 30 heavy (non-hydrogen) atoms. The van der Waals surface area contributed by atoms with Crippen LogP contribution in [0.5, 0.6) is 5.75 Å². The third-order valence-electron chi connectivity index (χ3n) is 4.88. The molecule has 1 aliphatic rings. The molecule has 2 aromatic carbocycles. The van der Waals surface area contributed by atoms with Gasteiger partial charge in [-0.2, -0.15) is 8.42 Å². The van der Waals surface area contributed by atoms with E-state index in [0.29, 0.717) is 23.7 Å². The van der Waals surface area contributed by atoms with Gasteiger partial charge in [0.25, 0.3) is 15.9 Å². The quantitative estimate of drug-likeness (QED) is 0.757. The Hall–Kier alpha value is -2.87. The van der Waals surface area contributed by atoms with Crippen molar-refractivity contribution in [1.82, 2.24) is 4.90 Å². The highest BCUT2D eigenvalue weighted by Crippen LogP contribution is 2.20. The fourth-order valence-electron chi connectivity index (χ4n) is 3.17. The van der Waals surface area contributed by atoms with Crippen LogP contribution in [0.2, 0.25) is 0 Å². The number of nitrogens with zero attached hydrogens (tertiary/aromatic N) is 2. The van der Waals surface area contributed by atoms with Gasteiger partial charge in [-0.1, -0.05) is 30.7 Å². The molecule has 0 spiro atoms. The van der Waals surface area contributed by atoms with E-state index in [4.69, 9.17) is 4.74 Å².